The fourth-order valence-electron chi connectivity index (χ4n) is 2.84. The molecular formula is C18H18F3NO4S2. The number of thiophene rings is 1. The molecule has 1 saturated heterocycles. The second kappa shape index (κ2) is 7.25. The number of alkyl halides is 3. The molecule has 1 aliphatic heterocycles. The third-order valence-corrected chi connectivity index (χ3v) is 7.46. The summed E-state index contributed by atoms with van der Waals surface area (Å²) in [6.07, 6.45) is -4.74. The van der Waals surface area contributed by atoms with E-state index in [1.807, 2.05) is 0 Å². The van der Waals surface area contributed by atoms with Crippen molar-refractivity contribution in [1.29, 1.82) is 0 Å². The Labute approximate surface area is 164 Å². The molecule has 10 heteroatoms. The lowest BCUT2D eigenvalue weighted by Crippen LogP contribution is -2.59. The van der Waals surface area contributed by atoms with Gasteiger partial charge in [-0.05, 0) is 31.5 Å². The average Bonchev–Trinajstić information content (AvgIpc) is 2.95. The van der Waals surface area contributed by atoms with Crippen molar-refractivity contribution >= 4 is 27.1 Å². The quantitative estimate of drug-likeness (QED) is 0.707. The lowest BCUT2D eigenvalue weighted by Gasteiger charge is -2.37. The zero-order chi connectivity index (χ0) is 20.7. The van der Waals surface area contributed by atoms with Crippen LogP contribution in [-0.4, -0.2) is 33.0 Å². The van der Waals surface area contributed by atoms with E-state index < -0.39 is 33.1 Å². The van der Waals surface area contributed by atoms with E-state index in [2.05, 4.69) is 4.72 Å². The monoisotopic (exact) mass is 433 g/mol. The number of rotatable bonds is 6. The topological polar surface area (TPSA) is 72.5 Å². The van der Waals surface area contributed by atoms with Crippen LogP contribution in [-0.2, 0) is 27.4 Å². The van der Waals surface area contributed by atoms with Gasteiger partial charge in [-0.25, -0.2) is 8.42 Å². The van der Waals surface area contributed by atoms with E-state index in [1.165, 1.54) is 18.2 Å². The minimum atomic E-state index is -4.49. The lowest BCUT2D eigenvalue weighted by atomic mass is 10.0. The number of aryl methyl sites for hydroxylation is 1. The van der Waals surface area contributed by atoms with Crippen LogP contribution in [0.2, 0.25) is 0 Å². The molecule has 28 heavy (non-hydrogen) atoms. The Morgan fingerprint density at radius 3 is 2.54 bits per heavy atom. The fourth-order valence-corrected chi connectivity index (χ4v) is 5.68. The third-order valence-electron chi connectivity index (χ3n) is 4.30. The molecule has 0 saturated carbocycles. The number of hydrogen-bond donors (Lipinski definition) is 1. The van der Waals surface area contributed by atoms with Gasteiger partial charge >= 0.3 is 6.18 Å². The maximum absolute atomic E-state index is 12.8. The highest BCUT2D eigenvalue weighted by atomic mass is 32.2. The van der Waals surface area contributed by atoms with Gasteiger partial charge in [-0.3, -0.25) is 4.79 Å². The van der Waals surface area contributed by atoms with Crippen LogP contribution in [0, 0.1) is 6.92 Å². The number of ketones is 1. The predicted octanol–water partition coefficient (Wildman–Crippen LogP) is 3.57. The van der Waals surface area contributed by atoms with Crippen LogP contribution in [0.3, 0.4) is 0 Å². The van der Waals surface area contributed by atoms with Gasteiger partial charge < -0.3 is 4.74 Å². The molecule has 1 aliphatic rings. The van der Waals surface area contributed by atoms with Gasteiger partial charge in [0.05, 0.1) is 24.3 Å². The molecule has 1 aromatic carbocycles. The van der Waals surface area contributed by atoms with Crippen molar-refractivity contribution < 1.29 is 31.1 Å². The minimum absolute atomic E-state index is 0.00878. The first-order valence-corrected chi connectivity index (χ1v) is 10.6. The largest absolute Gasteiger partial charge is 0.416 e. The number of carbonyl (C=O) groups excluding carboxylic acids is 1. The number of halogens is 3. The predicted molar refractivity (Wildman–Crippen MR) is 98.1 cm³/mol. The molecule has 0 amide bonds. The number of hydrogen-bond acceptors (Lipinski definition) is 5. The standard InChI is InChI=1S/C18H18F3NO4S2/c1-11-14(8-16(27-11)28(24,25)22-17(2)9-26-10-17)15(23)7-12-4-3-5-13(6-12)18(19,20)21/h3-6,8,22H,7,9-10H2,1-2H3. The molecule has 2 heterocycles. The van der Waals surface area contributed by atoms with Crippen LogP contribution >= 0.6 is 11.3 Å². The van der Waals surface area contributed by atoms with Crippen LogP contribution in [0.25, 0.3) is 0 Å². The number of carbonyl (C=O) groups is 1. The van der Waals surface area contributed by atoms with E-state index in [1.54, 1.807) is 13.8 Å². The highest BCUT2D eigenvalue weighted by Gasteiger charge is 2.38. The summed E-state index contributed by atoms with van der Waals surface area (Å²) in [5, 5.41) is 0. The molecule has 1 fully saturated rings. The van der Waals surface area contributed by atoms with Crippen molar-refractivity contribution in [3.05, 3.63) is 51.9 Å². The summed E-state index contributed by atoms with van der Waals surface area (Å²) in [6, 6.07) is 5.82. The maximum Gasteiger partial charge on any atom is 0.416 e. The van der Waals surface area contributed by atoms with Crippen molar-refractivity contribution in [2.24, 2.45) is 0 Å². The summed E-state index contributed by atoms with van der Waals surface area (Å²) in [5.74, 6) is -0.437. The first-order valence-electron chi connectivity index (χ1n) is 8.31. The number of ether oxygens (including phenoxy) is 1. The summed E-state index contributed by atoms with van der Waals surface area (Å²) < 4.78 is 71.2. The van der Waals surface area contributed by atoms with Gasteiger partial charge in [0.25, 0.3) is 10.0 Å². The first kappa shape index (κ1) is 21.0. The molecule has 5 nitrogen and oxygen atoms in total. The molecule has 1 aromatic heterocycles. The van der Waals surface area contributed by atoms with Gasteiger partial charge in [-0.1, -0.05) is 18.2 Å². The number of Topliss-reactive ketones (excluding diaryl/α,β-unsaturated/α-hetero) is 1. The minimum Gasteiger partial charge on any atom is -0.377 e. The van der Waals surface area contributed by atoms with Gasteiger partial charge in [-0.15, -0.1) is 11.3 Å². The maximum atomic E-state index is 12.8. The van der Waals surface area contributed by atoms with Crippen LogP contribution in [0.1, 0.15) is 33.3 Å². The summed E-state index contributed by atoms with van der Waals surface area (Å²) in [7, 11) is -3.83. The average molecular weight is 433 g/mol. The zero-order valence-corrected chi connectivity index (χ0v) is 16.7. The Hall–Kier alpha value is -1.75. The van der Waals surface area contributed by atoms with Crippen LogP contribution < -0.4 is 4.72 Å². The molecule has 152 valence electrons. The van der Waals surface area contributed by atoms with E-state index in [0.29, 0.717) is 4.88 Å². The Bertz CT molecular complexity index is 1010. The van der Waals surface area contributed by atoms with E-state index in [0.717, 1.165) is 23.5 Å². The van der Waals surface area contributed by atoms with E-state index in [-0.39, 0.29) is 35.0 Å². The highest BCUT2D eigenvalue weighted by molar-refractivity contribution is 7.91. The van der Waals surface area contributed by atoms with Crippen molar-refractivity contribution in [2.45, 2.75) is 36.2 Å². The summed E-state index contributed by atoms with van der Waals surface area (Å²) in [6.45, 7) is 3.85. The smallest absolute Gasteiger partial charge is 0.377 e. The van der Waals surface area contributed by atoms with Gasteiger partial charge in [0, 0.05) is 16.9 Å². The second-order valence-electron chi connectivity index (χ2n) is 6.99. The molecule has 0 atom stereocenters. The summed E-state index contributed by atoms with van der Waals surface area (Å²) in [4.78, 5) is 13.1. The highest BCUT2D eigenvalue weighted by Crippen LogP contribution is 2.31. The normalized spacial score (nSPS) is 16.6. The number of nitrogens with one attached hydrogen (secondary N) is 1. The first-order chi connectivity index (χ1) is 12.9. The zero-order valence-electron chi connectivity index (χ0n) is 15.1. The van der Waals surface area contributed by atoms with E-state index in [4.69, 9.17) is 4.74 Å². The summed E-state index contributed by atoms with van der Waals surface area (Å²) >= 11 is 0.951. The fraction of sp³-hybridized carbons (Fsp3) is 0.389. The molecule has 3 rings (SSSR count). The van der Waals surface area contributed by atoms with Crippen molar-refractivity contribution in [1.82, 2.24) is 4.72 Å². The van der Waals surface area contributed by atoms with Gasteiger partial charge in [-0.2, -0.15) is 17.9 Å². The van der Waals surface area contributed by atoms with Crippen molar-refractivity contribution in [3.8, 4) is 0 Å². The molecule has 0 aliphatic carbocycles. The Balaban J connectivity index is 1.80. The molecule has 0 spiro atoms. The van der Waals surface area contributed by atoms with Gasteiger partial charge in [0.15, 0.2) is 5.78 Å². The molecule has 2 aromatic rings. The molecule has 0 bridgehead atoms. The lowest BCUT2D eigenvalue weighted by molar-refractivity contribution is -0.137. The molecule has 1 N–H and O–H groups in total. The molecule has 0 unspecified atom stereocenters. The Morgan fingerprint density at radius 2 is 1.96 bits per heavy atom. The van der Waals surface area contributed by atoms with Gasteiger partial charge in [0.1, 0.15) is 4.21 Å². The van der Waals surface area contributed by atoms with Crippen LogP contribution in [0.15, 0.2) is 34.5 Å². The van der Waals surface area contributed by atoms with E-state index in [9.17, 15) is 26.4 Å². The van der Waals surface area contributed by atoms with Crippen LogP contribution in [0.4, 0.5) is 13.2 Å². The SMILES string of the molecule is Cc1sc(S(=O)(=O)NC2(C)COC2)cc1C(=O)Cc1cccc(C(F)(F)F)c1. The Morgan fingerprint density at radius 1 is 1.29 bits per heavy atom. The van der Waals surface area contributed by atoms with Crippen LogP contribution in [0.5, 0.6) is 0 Å². The van der Waals surface area contributed by atoms with Gasteiger partial charge in [0.2, 0.25) is 0 Å². The third kappa shape index (κ3) is 4.45. The Kier molecular flexibility index (Phi) is 5.43. The van der Waals surface area contributed by atoms with E-state index >= 15 is 0 Å². The number of sulfonamides is 1. The van der Waals surface area contributed by atoms with Crippen molar-refractivity contribution in [2.75, 3.05) is 13.2 Å². The van der Waals surface area contributed by atoms with Crippen molar-refractivity contribution in [3.63, 3.8) is 0 Å². The molecule has 0 radical (unpaired) electrons. The molecular weight excluding hydrogens is 415 g/mol. The second-order valence-corrected chi connectivity index (χ2v) is 10.2. The summed E-state index contributed by atoms with van der Waals surface area (Å²) in [5.41, 5.74) is -1.10. The number of benzene rings is 1.